The van der Waals surface area contributed by atoms with Crippen LogP contribution in [0, 0.1) is 6.92 Å². The third-order valence-electron chi connectivity index (χ3n) is 3.71. The van der Waals surface area contributed by atoms with Crippen LogP contribution < -0.4 is 10.1 Å². The molecule has 0 aliphatic heterocycles. The van der Waals surface area contributed by atoms with Gasteiger partial charge in [0.15, 0.2) is 0 Å². The van der Waals surface area contributed by atoms with Gasteiger partial charge >= 0.3 is 6.36 Å². The average molecular weight is 351 g/mol. The van der Waals surface area contributed by atoms with Crippen LogP contribution in [-0.4, -0.2) is 12.3 Å². The summed E-state index contributed by atoms with van der Waals surface area (Å²) in [6, 6.07) is 11.1. The van der Waals surface area contributed by atoms with Gasteiger partial charge in [-0.3, -0.25) is 4.79 Å². The van der Waals surface area contributed by atoms with Gasteiger partial charge in [0.1, 0.15) is 5.75 Å². The monoisotopic (exact) mass is 351 g/mol. The molecule has 2 rings (SSSR count). The Morgan fingerprint density at radius 2 is 1.76 bits per heavy atom. The van der Waals surface area contributed by atoms with Gasteiger partial charge in [0, 0.05) is 5.69 Å². The van der Waals surface area contributed by atoms with Crippen molar-refractivity contribution in [3.63, 3.8) is 0 Å². The molecule has 0 spiro atoms. The van der Waals surface area contributed by atoms with Crippen LogP contribution in [0.1, 0.15) is 36.5 Å². The average Bonchev–Trinajstić information content (AvgIpc) is 2.49. The minimum atomic E-state index is -4.73. The maximum atomic E-state index is 12.3. The molecule has 0 bridgehead atoms. The summed E-state index contributed by atoms with van der Waals surface area (Å²) in [7, 11) is 0. The fourth-order valence-electron chi connectivity index (χ4n) is 2.52. The lowest BCUT2D eigenvalue weighted by Gasteiger charge is -2.16. The Hall–Kier alpha value is -2.50. The number of aryl methyl sites for hydroxylation is 1. The van der Waals surface area contributed by atoms with E-state index in [0.29, 0.717) is 5.56 Å². The number of hydrogen-bond acceptors (Lipinski definition) is 2. The molecule has 2 aromatic rings. The molecule has 0 aliphatic carbocycles. The predicted octanol–water partition coefficient (Wildman–Crippen LogP) is 5.20. The summed E-state index contributed by atoms with van der Waals surface area (Å²) in [5, 5.41) is 2.91. The van der Waals surface area contributed by atoms with Gasteiger partial charge < -0.3 is 10.1 Å². The van der Waals surface area contributed by atoms with Gasteiger partial charge in [-0.1, -0.05) is 44.2 Å². The molecular formula is C19H20F3NO2. The van der Waals surface area contributed by atoms with Crippen molar-refractivity contribution in [2.45, 2.75) is 39.5 Å². The molecule has 1 N–H and O–H groups in total. The zero-order valence-corrected chi connectivity index (χ0v) is 14.3. The Balaban J connectivity index is 2.06. The van der Waals surface area contributed by atoms with Gasteiger partial charge in [0.2, 0.25) is 5.91 Å². The number of carbonyl (C=O) groups is 1. The second-order valence-corrected chi connectivity index (χ2v) is 6.11. The molecule has 0 fully saturated rings. The van der Waals surface area contributed by atoms with Gasteiger partial charge in [-0.15, -0.1) is 13.2 Å². The van der Waals surface area contributed by atoms with E-state index in [1.165, 1.54) is 24.3 Å². The van der Waals surface area contributed by atoms with E-state index in [0.717, 1.165) is 16.8 Å². The van der Waals surface area contributed by atoms with Crippen LogP contribution in [0.2, 0.25) is 0 Å². The highest BCUT2D eigenvalue weighted by Gasteiger charge is 2.30. The van der Waals surface area contributed by atoms with Crippen molar-refractivity contribution >= 4 is 11.6 Å². The van der Waals surface area contributed by atoms with E-state index >= 15 is 0 Å². The molecule has 2 aromatic carbocycles. The molecule has 0 aliphatic rings. The normalized spacial score (nSPS) is 11.5. The highest BCUT2D eigenvalue weighted by Crippen LogP contribution is 2.28. The smallest absolute Gasteiger partial charge is 0.406 e. The van der Waals surface area contributed by atoms with Crippen molar-refractivity contribution in [3.05, 3.63) is 59.2 Å². The number of ether oxygens (including phenoxy) is 1. The zero-order valence-electron chi connectivity index (χ0n) is 14.3. The molecule has 0 saturated heterocycles. The number of carbonyl (C=O) groups excluding carboxylic acids is 1. The lowest BCUT2D eigenvalue weighted by Crippen LogP contribution is -2.18. The summed E-state index contributed by atoms with van der Waals surface area (Å²) in [5.74, 6) is -0.271. The first-order chi connectivity index (χ1) is 11.7. The molecule has 1 amide bonds. The molecule has 0 radical (unpaired) electrons. The van der Waals surface area contributed by atoms with Gasteiger partial charge in [0.25, 0.3) is 0 Å². The van der Waals surface area contributed by atoms with Crippen molar-refractivity contribution in [2.24, 2.45) is 0 Å². The number of para-hydroxylation sites is 1. The fraction of sp³-hybridized carbons (Fsp3) is 0.316. The summed E-state index contributed by atoms with van der Waals surface area (Å²) in [6.07, 6.45) is -4.66. The van der Waals surface area contributed by atoms with E-state index in [1.54, 1.807) is 0 Å². The number of hydrogen-bond donors (Lipinski definition) is 1. The summed E-state index contributed by atoms with van der Waals surface area (Å²) < 4.78 is 40.3. The molecule has 0 saturated carbocycles. The summed E-state index contributed by atoms with van der Waals surface area (Å²) in [5.41, 5.74) is 3.40. The number of halogens is 3. The minimum Gasteiger partial charge on any atom is -0.406 e. The van der Waals surface area contributed by atoms with Crippen LogP contribution in [0.5, 0.6) is 5.75 Å². The Morgan fingerprint density at radius 1 is 1.12 bits per heavy atom. The lowest BCUT2D eigenvalue weighted by atomic mass is 9.98. The Morgan fingerprint density at radius 3 is 2.32 bits per heavy atom. The standard InChI is InChI=1S/C19H20F3NO2/c1-12(2)16-6-4-5-13(3)18(16)23-17(24)11-14-7-9-15(10-8-14)25-19(20,21)22/h4-10,12H,11H2,1-3H3,(H,23,24). The first-order valence-corrected chi connectivity index (χ1v) is 7.90. The van der Waals surface area contributed by atoms with Crippen LogP contribution in [0.15, 0.2) is 42.5 Å². The summed E-state index contributed by atoms with van der Waals surface area (Å²) in [4.78, 5) is 12.3. The van der Waals surface area contributed by atoms with Crippen molar-refractivity contribution in [1.29, 1.82) is 0 Å². The van der Waals surface area contributed by atoms with Crippen LogP contribution in [-0.2, 0) is 11.2 Å². The van der Waals surface area contributed by atoms with E-state index in [-0.39, 0.29) is 24.0 Å². The number of anilines is 1. The predicted molar refractivity (Wildman–Crippen MR) is 90.7 cm³/mol. The minimum absolute atomic E-state index is 0.0676. The molecule has 0 aromatic heterocycles. The number of alkyl halides is 3. The van der Waals surface area contributed by atoms with E-state index < -0.39 is 6.36 Å². The third kappa shape index (κ3) is 5.52. The second kappa shape index (κ2) is 7.59. The molecular weight excluding hydrogens is 331 g/mol. The van der Waals surface area contributed by atoms with E-state index in [9.17, 15) is 18.0 Å². The highest BCUT2D eigenvalue weighted by atomic mass is 19.4. The summed E-state index contributed by atoms with van der Waals surface area (Å²) in [6.45, 7) is 6.01. The first kappa shape index (κ1) is 18.8. The van der Waals surface area contributed by atoms with Crippen LogP contribution in [0.3, 0.4) is 0 Å². The van der Waals surface area contributed by atoms with E-state index in [1.807, 2.05) is 39.0 Å². The fourth-order valence-corrected chi connectivity index (χ4v) is 2.52. The quantitative estimate of drug-likeness (QED) is 0.804. The Labute approximate surface area is 144 Å². The molecule has 25 heavy (non-hydrogen) atoms. The highest BCUT2D eigenvalue weighted by molar-refractivity contribution is 5.93. The van der Waals surface area contributed by atoms with Crippen molar-refractivity contribution < 1.29 is 22.7 Å². The van der Waals surface area contributed by atoms with Crippen LogP contribution in [0.25, 0.3) is 0 Å². The lowest BCUT2D eigenvalue weighted by molar-refractivity contribution is -0.274. The molecule has 3 nitrogen and oxygen atoms in total. The van der Waals surface area contributed by atoms with Crippen molar-refractivity contribution in [1.82, 2.24) is 0 Å². The maximum absolute atomic E-state index is 12.3. The van der Waals surface area contributed by atoms with Crippen molar-refractivity contribution in [3.8, 4) is 5.75 Å². The van der Waals surface area contributed by atoms with Crippen LogP contribution >= 0.6 is 0 Å². The molecule has 0 unspecified atom stereocenters. The maximum Gasteiger partial charge on any atom is 0.573 e. The third-order valence-corrected chi connectivity index (χ3v) is 3.71. The molecule has 134 valence electrons. The number of benzene rings is 2. The SMILES string of the molecule is Cc1cccc(C(C)C)c1NC(=O)Cc1ccc(OC(F)(F)F)cc1. The number of rotatable bonds is 5. The van der Waals surface area contributed by atoms with Gasteiger partial charge in [-0.2, -0.15) is 0 Å². The number of amides is 1. The van der Waals surface area contributed by atoms with Crippen molar-refractivity contribution in [2.75, 3.05) is 5.32 Å². The van der Waals surface area contributed by atoms with Crippen LogP contribution in [0.4, 0.5) is 18.9 Å². The first-order valence-electron chi connectivity index (χ1n) is 7.90. The van der Waals surface area contributed by atoms with E-state index in [2.05, 4.69) is 10.1 Å². The Kier molecular flexibility index (Phi) is 5.72. The van der Waals surface area contributed by atoms with Gasteiger partial charge in [0.05, 0.1) is 6.42 Å². The zero-order chi connectivity index (χ0) is 18.6. The second-order valence-electron chi connectivity index (χ2n) is 6.11. The Bertz CT molecular complexity index is 737. The van der Waals surface area contributed by atoms with E-state index in [4.69, 9.17) is 0 Å². The number of nitrogens with one attached hydrogen (secondary N) is 1. The molecule has 6 heteroatoms. The summed E-state index contributed by atoms with van der Waals surface area (Å²) >= 11 is 0. The molecule has 0 atom stereocenters. The van der Waals surface area contributed by atoms with Gasteiger partial charge in [-0.05, 0) is 41.7 Å². The topological polar surface area (TPSA) is 38.3 Å². The largest absolute Gasteiger partial charge is 0.573 e. The molecule has 0 heterocycles. The van der Waals surface area contributed by atoms with Gasteiger partial charge in [-0.25, -0.2) is 0 Å².